The second-order valence-electron chi connectivity index (χ2n) is 6.93. The summed E-state index contributed by atoms with van der Waals surface area (Å²) in [7, 11) is -3.98. The second kappa shape index (κ2) is 8.88. The van der Waals surface area contributed by atoms with E-state index >= 15 is 0 Å². The largest absolute Gasteiger partial charge is 0.475 e. The summed E-state index contributed by atoms with van der Waals surface area (Å²) >= 11 is 0. The molecule has 0 fully saturated rings. The number of nitro groups is 1. The Bertz CT molecular complexity index is 1440. The Labute approximate surface area is 187 Å². The van der Waals surface area contributed by atoms with Crippen molar-refractivity contribution in [1.82, 2.24) is 24.5 Å². The molecule has 0 saturated carbocycles. The summed E-state index contributed by atoms with van der Waals surface area (Å²) in [6.45, 7) is 1.39. The van der Waals surface area contributed by atoms with Crippen molar-refractivity contribution < 1.29 is 22.5 Å². The number of fused-ring (bicyclic) bond motifs is 1. The molecule has 11 nitrogen and oxygen atoms in total. The zero-order valence-electron chi connectivity index (χ0n) is 17.2. The lowest BCUT2D eigenvalue weighted by Gasteiger charge is -2.10. The molecule has 33 heavy (non-hydrogen) atoms. The highest BCUT2D eigenvalue weighted by Crippen LogP contribution is 2.22. The summed E-state index contributed by atoms with van der Waals surface area (Å²) in [5, 5.41) is 23.3. The molecule has 170 valence electrons. The van der Waals surface area contributed by atoms with Crippen LogP contribution in [0.1, 0.15) is 5.56 Å². The van der Waals surface area contributed by atoms with E-state index in [1.54, 1.807) is 31.2 Å². The maximum atomic E-state index is 13.2. The molecule has 1 N–H and O–H groups in total. The number of sulfonamides is 1. The maximum Gasteiger partial charge on any atom is 0.270 e. The van der Waals surface area contributed by atoms with Crippen LogP contribution in [0.25, 0.3) is 17.0 Å². The van der Waals surface area contributed by atoms with Gasteiger partial charge in [-0.05, 0) is 42.8 Å². The molecule has 0 bridgehead atoms. The van der Waals surface area contributed by atoms with Gasteiger partial charge in [-0.25, -0.2) is 17.5 Å². The van der Waals surface area contributed by atoms with Gasteiger partial charge < -0.3 is 4.74 Å². The zero-order chi connectivity index (χ0) is 23.6. The number of nitrogens with zero attached hydrogens (tertiary/aromatic N) is 5. The first kappa shape index (κ1) is 22.2. The molecule has 0 atom stereocenters. The standard InChI is InChI=1S/C20H17FN6O5S/c1-13-2-7-16(27(28)29)12-17(13)33(30,31)22-10-11-32-19-9-8-18-23-24-20(26(18)25-19)14-3-5-15(21)6-4-14/h2-9,12,22H,10-11H2,1H3. The van der Waals surface area contributed by atoms with Crippen LogP contribution in [0.15, 0.2) is 59.5 Å². The van der Waals surface area contributed by atoms with Crippen LogP contribution in [0, 0.1) is 22.9 Å². The molecule has 0 unspecified atom stereocenters. The quantitative estimate of drug-likeness (QED) is 0.234. The van der Waals surface area contributed by atoms with Crippen molar-refractivity contribution >= 4 is 21.4 Å². The lowest BCUT2D eigenvalue weighted by Crippen LogP contribution is -2.29. The second-order valence-corrected chi connectivity index (χ2v) is 8.66. The highest BCUT2D eigenvalue weighted by atomic mass is 32.2. The predicted molar refractivity (Wildman–Crippen MR) is 115 cm³/mol. The van der Waals surface area contributed by atoms with Crippen LogP contribution in [0.3, 0.4) is 0 Å². The molecule has 0 aliphatic heterocycles. The molecule has 2 aromatic carbocycles. The average Bonchev–Trinajstić information content (AvgIpc) is 3.20. The van der Waals surface area contributed by atoms with Crippen LogP contribution in [0.4, 0.5) is 10.1 Å². The summed E-state index contributed by atoms with van der Waals surface area (Å²) < 4.78 is 47.6. The summed E-state index contributed by atoms with van der Waals surface area (Å²) in [5.74, 6) is 0.195. The fourth-order valence-electron chi connectivity index (χ4n) is 3.03. The fourth-order valence-corrected chi connectivity index (χ4v) is 4.30. The Kier molecular flexibility index (Phi) is 5.98. The number of ether oxygens (including phenoxy) is 1. The van der Waals surface area contributed by atoms with Gasteiger partial charge >= 0.3 is 0 Å². The van der Waals surface area contributed by atoms with Crippen LogP contribution in [0.5, 0.6) is 5.88 Å². The van der Waals surface area contributed by atoms with E-state index in [0.29, 0.717) is 22.6 Å². The highest BCUT2D eigenvalue weighted by molar-refractivity contribution is 7.89. The summed E-state index contributed by atoms with van der Waals surface area (Å²) in [6.07, 6.45) is 0. The molecule has 13 heteroatoms. The predicted octanol–water partition coefficient (Wildman–Crippen LogP) is 2.50. The van der Waals surface area contributed by atoms with Gasteiger partial charge in [0.05, 0.1) is 9.82 Å². The number of benzene rings is 2. The molecule has 4 rings (SSSR count). The summed E-state index contributed by atoms with van der Waals surface area (Å²) in [5.41, 5.74) is 1.11. The monoisotopic (exact) mass is 472 g/mol. The molecular formula is C20H17FN6O5S. The van der Waals surface area contributed by atoms with Gasteiger partial charge in [0, 0.05) is 30.3 Å². The maximum absolute atomic E-state index is 13.2. The first-order chi connectivity index (χ1) is 15.7. The first-order valence-electron chi connectivity index (χ1n) is 9.60. The van der Waals surface area contributed by atoms with Crippen LogP contribution in [0.2, 0.25) is 0 Å². The average molecular weight is 472 g/mol. The third-order valence-electron chi connectivity index (χ3n) is 4.66. The van der Waals surface area contributed by atoms with Crippen LogP contribution in [-0.2, 0) is 10.0 Å². The molecule has 0 amide bonds. The number of hydrogen-bond donors (Lipinski definition) is 1. The van der Waals surface area contributed by atoms with Gasteiger partial charge in [-0.2, -0.15) is 4.52 Å². The molecule has 0 saturated heterocycles. The number of nitro benzene ring substituents is 1. The topological polar surface area (TPSA) is 142 Å². The van der Waals surface area contributed by atoms with Gasteiger partial charge in [-0.1, -0.05) is 6.07 Å². The van der Waals surface area contributed by atoms with Crippen molar-refractivity contribution in [1.29, 1.82) is 0 Å². The molecule has 2 aromatic heterocycles. The van der Waals surface area contributed by atoms with Crippen molar-refractivity contribution in [3.05, 3.63) is 76.1 Å². The Morgan fingerprint density at radius 2 is 1.88 bits per heavy atom. The smallest absolute Gasteiger partial charge is 0.270 e. The first-order valence-corrected chi connectivity index (χ1v) is 11.1. The minimum atomic E-state index is -3.98. The number of aromatic nitrogens is 4. The molecule has 2 heterocycles. The third-order valence-corrected chi connectivity index (χ3v) is 6.26. The van der Waals surface area contributed by atoms with Crippen LogP contribution in [-0.4, -0.2) is 46.3 Å². The Hall–Kier alpha value is -3.97. The molecule has 4 aromatic rings. The van der Waals surface area contributed by atoms with Crippen LogP contribution >= 0.6 is 0 Å². The van der Waals surface area contributed by atoms with E-state index in [-0.39, 0.29) is 35.4 Å². The Morgan fingerprint density at radius 3 is 2.61 bits per heavy atom. The van der Waals surface area contributed by atoms with E-state index in [1.807, 2.05) is 0 Å². The normalized spacial score (nSPS) is 11.6. The molecule has 0 aliphatic rings. The van der Waals surface area contributed by atoms with Gasteiger partial charge in [-0.3, -0.25) is 10.1 Å². The summed E-state index contributed by atoms with van der Waals surface area (Å²) in [6, 6.07) is 12.5. The van der Waals surface area contributed by atoms with Gasteiger partial charge in [0.25, 0.3) is 5.69 Å². The number of non-ortho nitro benzene ring substituents is 1. The number of aryl methyl sites for hydroxylation is 1. The minimum Gasteiger partial charge on any atom is -0.475 e. The number of halogens is 1. The Morgan fingerprint density at radius 1 is 1.12 bits per heavy atom. The van der Waals surface area contributed by atoms with E-state index in [4.69, 9.17) is 4.74 Å². The molecular weight excluding hydrogens is 455 g/mol. The van der Waals surface area contributed by atoms with E-state index < -0.39 is 14.9 Å². The third kappa shape index (κ3) is 4.78. The molecule has 0 aliphatic carbocycles. The van der Waals surface area contributed by atoms with Crippen molar-refractivity contribution in [3.63, 3.8) is 0 Å². The minimum absolute atomic E-state index is 0.0558. The van der Waals surface area contributed by atoms with Crippen LogP contribution < -0.4 is 9.46 Å². The van der Waals surface area contributed by atoms with Crippen molar-refractivity contribution in [2.75, 3.05) is 13.2 Å². The van der Waals surface area contributed by atoms with E-state index in [2.05, 4.69) is 20.0 Å². The number of nitrogens with one attached hydrogen (secondary N) is 1. The van der Waals surface area contributed by atoms with E-state index in [9.17, 15) is 22.9 Å². The van der Waals surface area contributed by atoms with Gasteiger partial charge in [0.15, 0.2) is 11.5 Å². The summed E-state index contributed by atoms with van der Waals surface area (Å²) in [4.78, 5) is 10.1. The van der Waals surface area contributed by atoms with Gasteiger partial charge in [-0.15, -0.1) is 15.3 Å². The van der Waals surface area contributed by atoms with E-state index in [0.717, 1.165) is 6.07 Å². The van der Waals surface area contributed by atoms with Crippen molar-refractivity contribution in [2.24, 2.45) is 0 Å². The fraction of sp³-hybridized carbons (Fsp3) is 0.150. The lowest BCUT2D eigenvalue weighted by molar-refractivity contribution is -0.385. The van der Waals surface area contributed by atoms with E-state index in [1.165, 1.54) is 28.8 Å². The highest BCUT2D eigenvalue weighted by Gasteiger charge is 2.20. The number of rotatable bonds is 8. The van der Waals surface area contributed by atoms with Crippen molar-refractivity contribution in [2.45, 2.75) is 11.8 Å². The van der Waals surface area contributed by atoms with Crippen molar-refractivity contribution in [3.8, 4) is 17.3 Å². The van der Waals surface area contributed by atoms with Gasteiger partial charge in [0.1, 0.15) is 12.4 Å². The SMILES string of the molecule is Cc1ccc([N+](=O)[O-])cc1S(=O)(=O)NCCOc1ccc2nnc(-c3ccc(F)cc3)n2n1. The molecule has 0 spiro atoms. The zero-order valence-corrected chi connectivity index (χ0v) is 18.0. The molecule has 0 radical (unpaired) electrons. The number of hydrogen-bond acceptors (Lipinski definition) is 8. The van der Waals surface area contributed by atoms with Gasteiger partial charge in [0.2, 0.25) is 15.9 Å². The Balaban J connectivity index is 1.44. The lowest BCUT2D eigenvalue weighted by atomic mass is 10.2.